The molecule has 0 saturated heterocycles. The predicted molar refractivity (Wildman–Crippen MR) is 50.8 cm³/mol. The molecule has 0 amide bonds. The van der Waals surface area contributed by atoms with E-state index < -0.39 is 0 Å². The summed E-state index contributed by atoms with van der Waals surface area (Å²) in [5.41, 5.74) is 0. The molecular formula is C12H20. The molecule has 3 fully saturated rings. The van der Waals surface area contributed by atoms with Gasteiger partial charge in [-0.1, -0.05) is 26.2 Å². The van der Waals surface area contributed by atoms with Crippen molar-refractivity contribution < 1.29 is 0 Å². The molecular weight excluding hydrogens is 144 g/mol. The first-order chi connectivity index (χ1) is 5.92. The topological polar surface area (TPSA) is 0 Å². The molecule has 0 aliphatic heterocycles. The Morgan fingerprint density at radius 3 is 2.42 bits per heavy atom. The number of fused-ring (bicyclic) bond motifs is 1. The van der Waals surface area contributed by atoms with Gasteiger partial charge in [-0.05, 0) is 48.9 Å². The fourth-order valence-electron chi connectivity index (χ4n) is 3.59. The SMILES string of the molecule is CCCCC1CC1C1C2CCC21. The highest BCUT2D eigenvalue weighted by Gasteiger charge is 2.63. The number of hydrogen-bond acceptors (Lipinski definition) is 0. The van der Waals surface area contributed by atoms with Crippen molar-refractivity contribution in [3.8, 4) is 0 Å². The second-order valence-electron chi connectivity index (χ2n) is 5.28. The molecule has 0 heterocycles. The minimum atomic E-state index is 1.18. The maximum Gasteiger partial charge on any atom is -0.0321 e. The van der Waals surface area contributed by atoms with Gasteiger partial charge in [-0.3, -0.25) is 0 Å². The van der Waals surface area contributed by atoms with Crippen LogP contribution in [0.2, 0.25) is 0 Å². The lowest BCUT2D eigenvalue weighted by molar-refractivity contribution is 0.468. The molecule has 4 atom stereocenters. The Kier molecular flexibility index (Phi) is 1.54. The van der Waals surface area contributed by atoms with Crippen LogP contribution >= 0.6 is 0 Å². The van der Waals surface area contributed by atoms with Crippen molar-refractivity contribution in [1.82, 2.24) is 0 Å². The number of hydrogen-bond donors (Lipinski definition) is 0. The van der Waals surface area contributed by atoms with Gasteiger partial charge in [-0.15, -0.1) is 0 Å². The molecule has 0 heteroatoms. The lowest BCUT2D eigenvalue weighted by Crippen LogP contribution is -1.93. The van der Waals surface area contributed by atoms with Gasteiger partial charge in [-0.2, -0.15) is 0 Å². The molecule has 68 valence electrons. The van der Waals surface area contributed by atoms with Gasteiger partial charge < -0.3 is 0 Å². The molecule has 3 aliphatic carbocycles. The van der Waals surface area contributed by atoms with Gasteiger partial charge in [0.1, 0.15) is 0 Å². The molecule has 0 aromatic rings. The Labute approximate surface area is 75.7 Å². The van der Waals surface area contributed by atoms with E-state index in [0.717, 1.165) is 0 Å². The molecule has 0 spiro atoms. The second kappa shape index (κ2) is 2.49. The van der Waals surface area contributed by atoms with Gasteiger partial charge in [-0.25, -0.2) is 0 Å². The zero-order valence-electron chi connectivity index (χ0n) is 8.13. The lowest BCUT2D eigenvalue weighted by Gasteiger charge is -2.04. The fraction of sp³-hybridized carbons (Fsp3) is 1.00. The van der Waals surface area contributed by atoms with Crippen LogP contribution in [0.5, 0.6) is 0 Å². The van der Waals surface area contributed by atoms with Crippen LogP contribution < -0.4 is 0 Å². The molecule has 0 radical (unpaired) electrons. The highest BCUT2D eigenvalue weighted by molar-refractivity contribution is 5.12. The molecule has 3 rings (SSSR count). The Balaban J connectivity index is 1.44. The van der Waals surface area contributed by atoms with Crippen LogP contribution in [-0.4, -0.2) is 0 Å². The van der Waals surface area contributed by atoms with Gasteiger partial charge in [0, 0.05) is 0 Å². The zero-order chi connectivity index (χ0) is 8.13. The molecule has 3 saturated carbocycles. The van der Waals surface area contributed by atoms with Gasteiger partial charge in [0.15, 0.2) is 0 Å². The average Bonchev–Trinajstić information content (AvgIpc) is 2.85. The maximum absolute atomic E-state index is 2.32. The highest BCUT2D eigenvalue weighted by Crippen LogP contribution is 2.70. The van der Waals surface area contributed by atoms with E-state index in [0.29, 0.717) is 0 Å². The van der Waals surface area contributed by atoms with Crippen LogP contribution in [0.25, 0.3) is 0 Å². The normalized spacial score (nSPS) is 54.2. The monoisotopic (exact) mass is 164 g/mol. The molecule has 0 aromatic heterocycles. The van der Waals surface area contributed by atoms with Crippen LogP contribution in [0.15, 0.2) is 0 Å². The zero-order valence-corrected chi connectivity index (χ0v) is 8.13. The van der Waals surface area contributed by atoms with E-state index >= 15 is 0 Å². The minimum Gasteiger partial charge on any atom is -0.0654 e. The van der Waals surface area contributed by atoms with Gasteiger partial charge >= 0.3 is 0 Å². The Hall–Kier alpha value is 0. The van der Waals surface area contributed by atoms with E-state index in [2.05, 4.69) is 6.92 Å². The summed E-state index contributed by atoms with van der Waals surface area (Å²) in [7, 11) is 0. The van der Waals surface area contributed by atoms with Crippen molar-refractivity contribution in [3.05, 3.63) is 0 Å². The van der Waals surface area contributed by atoms with Crippen LogP contribution in [0.3, 0.4) is 0 Å². The van der Waals surface area contributed by atoms with Crippen molar-refractivity contribution in [1.29, 1.82) is 0 Å². The van der Waals surface area contributed by atoms with E-state index in [-0.39, 0.29) is 0 Å². The summed E-state index contributed by atoms with van der Waals surface area (Å²) in [6, 6.07) is 0. The lowest BCUT2D eigenvalue weighted by atomic mass is 10.0. The second-order valence-corrected chi connectivity index (χ2v) is 5.28. The summed E-state index contributed by atoms with van der Waals surface area (Å²) in [6.07, 6.45) is 9.23. The standard InChI is InChI=1S/C12H20/c1-2-3-4-8-7-11(8)12-9-5-6-10(9)12/h8-12H,2-7H2,1H3. The molecule has 0 aromatic carbocycles. The van der Waals surface area contributed by atoms with Gasteiger partial charge in [0.05, 0.1) is 0 Å². The van der Waals surface area contributed by atoms with Crippen molar-refractivity contribution >= 4 is 0 Å². The Bertz CT molecular complexity index is 174. The summed E-state index contributed by atoms with van der Waals surface area (Å²) >= 11 is 0. The molecule has 4 unspecified atom stereocenters. The van der Waals surface area contributed by atoms with E-state index in [1.54, 1.807) is 25.7 Å². The van der Waals surface area contributed by atoms with E-state index in [4.69, 9.17) is 0 Å². The van der Waals surface area contributed by atoms with E-state index in [1.807, 2.05) is 0 Å². The summed E-state index contributed by atoms with van der Waals surface area (Å²) in [4.78, 5) is 0. The average molecular weight is 164 g/mol. The van der Waals surface area contributed by atoms with Crippen LogP contribution in [0.1, 0.15) is 45.4 Å². The predicted octanol–water partition coefficient (Wildman–Crippen LogP) is 3.47. The van der Waals surface area contributed by atoms with Crippen LogP contribution in [0.4, 0.5) is 0 Å². The van der Waals surface area contributed by atoms with E-state index in [1.165, 1.54) is 42.4 Å². The molecule has 0 nitrogen and oxygen atoms in total. The first-order valence-corrected chi connectivity index (χ1v) is 5.92. The van der Waals surface area contributed by atoms with Crippen molar-refractivity contribution in [2.24, 2.45) is 29.6 Å². The molecule has 0 N–H and O–H groups in total. The molecule has 0 bridgehead atoms. The fourth-order valence-corrected chi connectivity index (χ4v) is 3.59. The van der Waals surface area contributed by atoms with Crippen LogP contribution in [0, 0.1) is 29.6 Å². The van der Waals surface area contributed by atoms with Crippen molar-refractivity contribution in [2.45, 2.75) is 45.4 Å². The summed E-state index contributed by atoms with van der Waals surface area (Å²) in [5.74, 6) is 6.12. The Morgan fingerprint density at radius 2 is 1.83 bits per heavy atom. The highest BCUT2D eigenvalue weighted by atomic mass is 14.7. The third-order valence-electron chi connectivity index (χ3n) is 4.63. The summed E-state index contributed by atoms with van der Waals surface area (Å²) in [5, 5.41) is 0. The van der Waals surface area contributed by atoms with Crippen LogP contribution in [-0.2, 0) is 0 Å². The number of unbranched alkanes of at least 4 members (excludes halogenated alkanes) is 1. The molecule has 3 aliphatic rings. The third-order valence-corrected chi connectivity index (χ3v) is 4.63. The summed E-state index contributed by atoms with van der Waals surface area (Å²) < 4.78 is 0. The number of rotatable bonds is 4. The summed E-state index contributed by atoms with van der Waals surface area (Å²) in [6.45, 7) is 2.32. The first-order valence-electron chi connectivity index (χ1n) is 5.92. The minimum absolute atomic E-state index is 1.18. The smallest absolute Gasteiger partial charge is 0.0321 e. The van der Waals surface area contributed by atoms with E-state index in [9.17, 15) is 0 Å². The largest absolute Gasteiger partial charge is 0.0654 e. The Morgan fingerprint density at radius 1 is 1.08 bits per heavy atom. The maximum atomic E-state index is 2.32. The van der Waals surface area contributed by atoms with Gasteiger partial charge in [0.2, 0.25) is 0 Å². The van der Waals surface area contributed by atoms with Crippen molar-refractivity contribution in [2.75, 3.05) is 0 Å². The quantitative estimate of drug-likeness (QED) is 0.597. The first kappa shape index (κ1) is 7.41. The molecule has 12 heavy (non-hydrogen) atoms. The third kappa shape index (κ3) is 0.963. The van der Waals surface area contributed by atoms with Gasteiger partial charge in [0.25, 0.3) is 0 Å². The van der Waals surface area contributed by atoms with Crippen molar-refractivity contribution in [3.63, 3.8) is 0 Å².